The Balaban J connectivity index is 2.32. The maximum atomic E-state index is 12.5. The zero-order valence-electron chi connectivity index (χ0n) is 17.8. The minimum Gasteiger partial charge on any atom is -0.465 e. The number of nitrogens with one attached hydrogen (secondary N) is 1. The second-order valence-corrected chi connectivity index (χ2v) is 8.89. The van der Waals surface area contributed by atoms with E-state index in [1.807, 2.05) is 20.0 Å². The smallest absolute Gasteiger partial charge is 0.326 e. The Labute approximate surface area is 168 Å². The maximum absolute atomic E-state index is 12.5. The summed E-state index contributed by atoms with van der Waals surface area (Å²) < 4.78 is 7.75. The first-order valence-electron chi connectivity index (χ1n) is 10.1. The summed E-state index contributed by atoms with van der Waals surface area (Å²) in [5.74, 6) is 0.643. The van der Waals surface area contributed by atoms with Crippen molar-refractivity contribution in [1.29, 1.82) is 0 Å². The molecule has 0 aromatic carbocycles. The molecule has 1 atom stereocenters. The molecule has 1 aromatic heterocycles. The summed E-state index contributed by atoms with van der Waals surface area (Å²) in [6.07, 6.45) is 6.39. The number of nitrogens with zero attached hydrogens (tertiary/aromatic N) is 1. The van der Waals surface area contributed by atoms with Crippen LogP contribution in [0.3, 0.4) is 0 Å². The van der Waals surface area contributed by atoms with E-state index in [0.717, 1.165) is 37.7 Å². The Hall–Kier alpha value is -1.43. The second kappa shape index (κ2) is 10.8. The van der Waals surface area contributed by atoms with Crippen molar-refractivity contribution in [2.75, 3.05) is 6.61 Å². The number of ether oxygens (including phenoxy) is 1. The van der Waals surface area contributed by atoms with Gasteiger partial charge in [0.15, 0.2) is 0 Å². The number of carbonyl (C=O) groups excluding carboxylic acids is 1. The molecule has 0 bridgehead atoms. The molecule has 1 aromatic rings. The zero-order chi connectivity index (χ0) is 20.6. The van der Waals surface area contributed by atoms with E-state index in [0.29, 0.717) is 23.7 Å². The Morgan fingerprint density at radius 2 is 1.85 bits per heavy atom. The highest BCUT2D eigenvalue weighted by atomic mass is 32.1. The molecular weight excluding hydrogens is 360 g/mol. The average Bonchev–Trinajstić information content (AvgIpc) is 2.57. The number of unbranched alkanes of at least 4 members (excludes halogenated alkanes) is 3. The van der Waals surface area contributed by atoms with Crippen molar-refractivity contribution in [1.82, 2.24) is 9.55 Å². The molecule has 0 aliphatic carbocycles. The van der Waals surface area contributed by atoms with E-state index in [-0.39, 0.29) is 17.6 Å². The molecule has 1 unspecified atom stereocenters. The predicted molar refractivity (Wildman–Crippen MR) is 112 cm³/mol. The van der Waals surface area contributed by atoms with Crippen molar-refractivity contribution >= 4 is 18.2 Å². The Bertz CT molecular complexity index is 721. The molecule has 0 saturated heterocycles. The summed E-state index contributed by atoms with van der Waals surface area (Å²) in [5, 5.41) is 0. The summed E-state index contributed by atoms with van der Waals surface area (Å²) >= 11 is 5.06. The number of aromatic amines is 1. The van der Waals surface area contributed by atoms with Gasteiger partial charge in [-0.2, -0.15) is 0 Å². The predicted octanol–water partition coefficient (Wildman–Crippen LogP) is 5.03. The zero-order valence-corrected chi connectivity index (χ0v) is 18.6. The van der Waals surface area contributed by atoms with Crippen LogP contribution in [0.25, 0.3) is 0 Å². The van der Waals surface area contributed by atoms with Crippen molar-refractivity contribution in [3.05, 3.63) is 26.9 Å². The molecule has 0 aliphatic heterocycles. The van der Waals surface area contributed by atoms with Gasteiger partial charge in [-0.3, -0.25) is 9.78 Å². The Morgan fingerprint density at radius 3 is 2.44 bits per heavy atom. The van der Waals surface area contributed by atoms with Crippen LogP contribution in [0, 0.1) is 28.8 Å². The topological polar surface area (TPSA) is 64.1 Å². The molecule has 0 saturated carbocycles. The Morgan fingerprint density at radius 1 is 1.22 bits per heavy atom. The first-order chi connectivity index (χ1) is 12.6. The largest absolute Gasteiger partial charge is 0.465 e. The van der Waals surface area contributed by atoms with Crippen molar-refractivity contribution in [2.45, 2.75) is 80.2 Å². The molecule has 27 heavy (non-hydrogen) atoms. The molecule has 1 N–H and O–H groups in total. The molecule has 154 valence electrons. The minimum absolute atomic E-state index is 0.0761. The average molecular weight is 397 g/mol. The molecule has 1 rings (SSSR count). The minimum atomic E-state index is -0.416. The third kappa shape index (κ3) is 7.24. The van der Waals surface area contributed by atoms with Crippen LogP contribution in [0.4, 0.5) is 0 Å². The number of aryl methyl sites for hydroxylation is 2. The number of hydrogen-bond donors (Lipinski definition) is 1. The quantitative estimate of drug-likeness (QED) is 0.324. The van der Waals surface area contributed by atoms with Crippen LogP contribution in [0.15, 0.2) is 11.0 Å². The summed E-state index contributed by atoms with van der Waals surface area (Å²) in [7, 11) is 0. The van der Waals surface area contributed by atoms with Crippen LogP contribution < -0.4 is 5.69 Å². The van der Waals surface area contributed by atoms with Crippen LogP contribution in [-0.2, 0) is 16.1 Å². The highest BCUT2D eigenvalue weighted by molar-refractivity contribution is 7.71. The first kappa shape index (κ1) is 23.6. The van der Waals surface area contributed by atoms with Gasteiger partial charge in [0.2, 0.25) is 0 Å². The van der Waals surface area contributed by atoms with Crippen LogP contribution >= 0.6 is 12.2 Å². The summed E-state index contributed by atoms with van der Waals surface area (Å²) in [6.45, 7) is 13.5. The fraction of sp³-hybridized carbons (Fsp3) is 0.762. The standard InChI is InChI=1S/C21H36N2O3S/c1-15(2)13-21(6,16(3)4)19(24)26-12-10-8-7-9-11-23-14-17(5)18(27)22-20(23)25/h14-16H,7-13H2,1-6H3,(H,22,25,27). The highest BCUT2D eigenvalue weighted by Gasteiger charge is 2.38. The molecule has 0 spiro atoms. The van der Waals surface area contributed by atoms with Gasteiger partial charge in [0.05, 0.1) is 12.0 Å². The molecule has 0 amide bonds. The van der Waals surface area contributed by atoms with Gasteiger partial charge in [0, 0.05) is 18.3 Å². The van der Waals surface area contributed by atoms with E-state index in [4.69, 9.17) is 17.0 Å². The number of carbonyl (C=O) groups is 1. The van der Waals surface area contributed by atoms with E-state index >= 15 is 0 Å². The van der Waals surface area contributed by atoms with Gasteiger partial charge in [-0.05, 0) is 51.4 Å². The number of aromatic nitrogens is 2. The number of hydrogen-bond acceptors (Lipinski definition) is 4. The van der Waals surface area contributed by atoms with Crippen molar-refractivity contribution in [3.8, 4) is 0 Å². The number of esters is 1. The summed E-state index contributed by atoms with van der Waals surface area (Å²) in [5.41, 5.74) is 0.337. The third-order valence-corrected chi connectivity index (χ3v) is 5.71. The summed E-state index contributed by atoms with van der Waals surface area (Å²) in [6, 6.07) is 0. The van der Waals surface area contributed by atoms with Crippen molar-refractivity contribution in [3.63, 3.8) is 0 Å². The van der Waals surface area contributed by atoms with Crippen LogP contribution in [0.5, 0.6) is 0 Å². The molecule has 0 fully saturated rings. The maximum Gasteiger partial charge on any atom is 0.326 e. The fourth-order valence-electron chi connectivity index (χ4n) is 3.25. The van der Waals surface area contributed by atoms with Crippen LogP contribution in [-0.4, -0.2) is 22.1 Å². The van der Waals surface area contributed by atoms with Gasteiger partial charge >= 0.3 is 11.7 Å². The lowest BCUT2D eigenvalue weighted by molar-refractivity contribution is -0.159. The van der Waals surface area contributed by atoms with Crippen molar-refractivity contribution < 1.29 is 9.53 Å². The SMILES string of the molecule is Cc1cn(CCCCCCOC(=O)C(C)(CC(C)C)C(C)C)c(=O)[nH]c1=S. The lowest BCUT2D eigenvalue weighted by Gasteiger charge is -2.32. The third-order valence-electron chi connectivity index (χ3n) is 5.29. The first-order valence-corrected chi connectivity index (χ1v) is 10.5. The van der Waals surface area contributed by atoms with Gasteiger partial charge in [-0.25, -0.2) is 4.79 Å². The highest BCUT2D eigenvalue weighted by Crippen LogP contribution is 2.35. The lowest BCUT2D eigenvalue weighted by Crippen LogP contribution is -2.36. The van der Waals surface area contributed by atoms with Gasteiger partial charge in [-0.1, -0.05) is 46.3 Å². The molecule has 1 heterocycles. The Kier molecular flexibility index (Phi) is 9.43. The van der Waals surface area contributed by atoms with E-state index in [1.54, 1.807) is 4.57 Å². The number of rotatable bonds is 11. The fourth-order valence-corrected chi connectivity index (χ4v) is 3.39. The lowest BCUT2D eigenvalue weighted by atomic mass is 9.73. The normalized spacial score (nSPS) is 13.8. The molecule has 6 heteroatoms. The van der Waals surface area contributed by atoms with E-state index < -0.39 is 5.41 Å². The molecule has 0 radical (unpaired) electrons. The second-order valence-electron chi connectivity index (χ2n) is 8.49. The molecular formula is C21H36N2O3S. The van der Waals surface area contributed by atoms with E-state index in [1.165, 1.54) is 0 Å². The number of H-pyrrole nitrogens is 1. The van der Waals surface area contributed by atoms with Gasteiger partial charge < -0.3 is 9.30 Å². The van der Waals surface area contributed by atoms with E-state index in [2.05, 4.69) is 32.7 Å². The molecule has 0 aliphatic rings. The monoisotopic (exact) mass is 396 g/mol. The molecule has 5 nitrogen and oxygen atoms in total. The van der Waals surface area contributed by atoms with Crippen LogP contribution in [0.1, 0.15) is 72.3 Å². The van der Waals surface area contributed by atoms with Gasteiger partial charge in [0.25, 0.3) is 0 Å². The van der Waals surface area contributed by atoms with Crippen LogP contribution in [0.2, 0.25) is 0 Å². The van der Waals surface area contributed by atoms with Gasteiger partial charge in [-0.15, -0.1) is 0 Å². The van der Waals surface area contributed by atoms with E-state index in [9.17, 15) is 9.59 Å². The van der Waals surface area contributed by atoms with Gasteiger partial charge in [0.1, 0.15) is 4.64 Å². The summed E-state index contributed by atoms with van der Waals surface area (Å²) in [4.78, 5) is 27.1. The van der Waals surface area contributed by atoms with Crippen molar-refractivity contribution in [2.24, 2.45) is 17.3 Å².